The molecule has 2 atom stereocenters. The Hall–Kier alpha value is -1.71. The van der Waals surface area contributed by atoms with Gasteiger partial charge in [-0.3, -0.25) is 4.79 Å². The highest BCUT2D eigenvalue weighted by molar-refractivity contribution is 5.94. The van der Waals surface area contributed by atoms with Crippen LogP contribution in [0.4, 0.5) is 0 Å². The van der Waals surface area contributed by atoms with Crippen molar-refractivity contribution in [3.05, 3.63) is 0 Å². The molecule has 0 aromatic rings. The number of hydrogen-bond acceptors (Lipinski definition) is 8. The van der Waals surface area contributed by atoms with Crippen molar-refractivity contribution in [2.75, 3.05) is 13.1 Å². The molecule has 0 saturated heterocycles. The monoisotopic (exact) mass is 291 g/mol. The molecule has 0 amide bonds. The number of hydrogen-bond donors (Lipinski definition) is 4. The van der Waals surface area contributed by atoms with Crippen molar-refractivity contribution in [1.29, 1.82) is 0 Å². The third-order valence-corrected chi connectivity index (χ3v) is 2.52. The summed E-state index contributed by atoms with van der Waals surface area (Å²) in [6.45, 7) is 0.467. The van der Waals surface area contributed by atoms with Crippen LogP contribution >= 0.6 is 0 Å². The lowest BCUT2D eigenvalue weighted by Crippen LogP contribution is -2.35. The fourth-order valence-corrected chi connectivity index (χ4v) is 1.34. The first-order valence-corrected chi connectivity index (χ1v) is 6.24. The first-order chi connectivity index (χ1) is 9.43. The Morgan fingerprint density at radius 1 is 0.950 bits per heavy atom. The summed E-state index contributed by atoms with van der Waals surface area (Å²) in [6.07, 6.45) is 1.55. The van der Waals surface area contributed by atoms with Gasteiger partial charge in [-0.1, -0.05) is 6.42 Å². The molecule has 0 aromatic carbocycles. The molecule has 0 radical (unpaired) electrons. The Labute approximate surface area is 116 Å². The Kier molecular flexibility index (Phi) is 9.26. The van der Waals surface area contributed by atoms with Gasteiger partial charge in [-0.25, -0.2) is 19.4 Å². The molecule has 7 N–H and O–H groups in total. The fourth-order valence-electron chi connectivity index (χ4n) is 1.34. The molecule has 0 fully saturated rings. The van der Waals surface area contributed by atoms with E-state index >= 15 is 0 Å². The zero-order valence-electron chi connectivity index (χ0n) is 11.1. The van der Waals surface area contributed by atoms with Crippen molar-refractivity contribution < 1.29 is 29.3 Å². The van der Waals surface area contributed by atoms with Gasteiger partial charge >= 0.3 is 17.9 Å². The molecule has 0 heterocycles. The summed E-state index contributed by atoms with van der Waals surface area (Å²) in [5.41, 5.74) is 16.0. The highest BCUT2D eigenvalue weighted by atomic mass is 17.2. The van der Waals surface area contributed by atoms with E-state index in [-0.39, 0.29) is 13.0 Å². The molecule has 9 nitrogen and oxygen atoms in total. The molecule has 2 unspecified atom stereocenters. The van der Waals surface area contributed by atoms with Crippen LogP contribution in [0.3, 0.4) is 0 Å². The average molecular weight is 291 g/mol. The smallest absolute Gasteiger partial charge is 0.372 e. The largest absolute Gasteiger partial charge is 0.481 e. The molecule has 0 aliphatic rings. The van der Waals surface area contributed by atoms with Gasteiger partial charge in [0, 0.05) is 0 Å². The first kappa shape index (κ1) is 18.3. The van der Waals surface area contributed by atoms with E-state index in [1.165, 1.54) is 0 Å². The van der Waals surface area contributed by atoms with Gasteiger partial charge < -0.3 is 22.3 Å². The minimum atomic E-state index is -1.47. The minimum absolute atomic E-state index is 0.0153. The molecule has 116 valence electrons. The summed E-state index contributed by atoms with van der Waals surface area (Å²) >= 11 is 0. The summed E-state index contributed by atoms with van der Waals surface area (Å²) in [6, 6.07) is -0.952. The molecule has 9 heteroatoms. The zero-order valence-corrected chi connectivity index (χ0v) is 11.1. The van der Waals surface area contributed by atoms with E-state index in [0.29, 0.717) is 25.8 Å². The van der Waals surface area contributed by atoms with Gasteiger partial charge in [-0.05, 0) is 32.4 Å². The standard InChI is InChI=1S/C11H21N3O6/c12-5-2-1-3-8(14)11(18)20-19-10(17)7(4-6-13)9(15)16/h7-8H,1-6,12-14H2,(H,15,16). The minimum Gasteiger partial charge on any atom is -0.481 e. The molecule has 0 aromatic heterocycles. The third kappa shape index (κ3) is 7.02. The van der Waals surface area contributed by atoms with Gasteiger partial charge in [0.15, 0.2) is 5.92 Å². The van der Waals surface area contributed by atoms with Crippen molar-refractivity contribution in [3.8, 4) is 0 Å². The fraction of sp³-hybridized carbons (Fsp3) is 0.727. The van der Waals surface area contributed by atoms with Crippen molar-refractivity contribution in [3.63, 3.8) is 0 Å². The maximum Gasteiger partial charge on any atom is 0.372 e. The van der Waals surface area contributed by atoms with Crippen molar-refractivity contribution in [2.24, 2.45) is 23.1 Å². The van der Waals surface area contributed by atoms with E-state index in [0.717, 1.165) is 0 Å². The predicted octanol–water partition coefficient (Wildman–Crippen LogP) is -1.51. The normalized spacial score (nSPS) is 13.3. The Bertz CT molecular complexity index is 336. The van der Waals surface area contributed by atoms with E-state index in [1.54, 1.807) is 0 Å². The van der Waals surface area contributed by atoms with Crippen LogP contribution in [0.15, 0.2) is 0 Å². The number of nitrogens with two attached hydrogens (primary N) is 3. The molecular weight excluding hydrogens is 270 g/mol. The van der Waals surface area contributed by atoms with E-state index < -0.39 is 29.9 Å². The average Bonchev–Trinajstić information content (AvgIpc) is 2.41. The van der Waals surface area contributed by atoms with Gasteiger partial charge in [0.05, 0.1) is 0 Å². The lowest BCUT2D eigenvalue weighted by Gasteiger charge is -2.11. The van der Waals surface area contributed by atoms with Crippen LogP contribution in [0.1, 0.15) is 25.7 Å². The topological polar surface area (TPSA) is 168 Å². The maximum absolute atomic E-state index is 11.4. The van der Waals surface area contributed by atoms with Gasteiger partial charge in [0.25, 0.3) is 0 Å². The number of carbonyl (C=O) groups excluding carboxylic acids is 2. The Balaban J connectivity index is 4.15. The SMILES string of the molecule is NCCCCC(N)C(=O)OOC(=O)C(CCN)C(=O)O. The van der Waals surface area contributed by atoms with Crippen LogP contribution in [0.5, 0.6) is 0 Å². The Morgan fingerprint density at radius 3 is 2.05 bits per heavy atom. The molecule has 0 bridgehead atoms. The lowest BCUT2D eigenvalue weighted by atomic mass is 10.1. The van der Waals surface area contributed by atoms with E-state index in [9.17, 15) is 14.4 Å². The predicted molar refractivity (Wildman–Crippen MR) is 67.9 cm³/mol. The first-order valence-electron chi connectivity index (χ1n) is 6.24. The number of carboxylic acid groups (broad SMARTS) is 1. The van der Waals surface area contributed by atoms with Crippen LogP contribution in [0.2, 0.25) is 0 Å². The Morgan fingerprint density at radius 2 is 1.55 bits per heavy atom. The van der Waals surface area contributed by atoms with Crippen molar-refractivity contribution in [1.82, 2.24) is 0 Å². The third-order valence-electron chi connectivity index (χ3n) is 2.52. The summed E-state index contributed by atoms with van der Waals surface area (Å²) in [5, 5.41) is 8.76. The number of carbonyl (C=O) groups is 3. The van der Waals surface area contributed by atoms with Crippen LogP contribution in [0, 0.1) is 5.92 Å². The van der Waals surface area contributed by atoms with Crippen molar-refractivity contribution >= 4 is 17.9 Å². The zero-order chi connectivity index (χ0) is 15.5. The van der Waals surface area contributed by atoms with Crippen molar-refractivity contribution in [2.45, 2.75) is 31.7 Å². The quantitative estimate of drug-likeness (QED) is 0.171. The summed E-state index contributed by atoms with van der Waals surface area (Å²) in [4.78, 5) is 41.9. The summed E-state index contributed by atoms with van der Waals surface area (Å²) in [7, 11) is 0. The highest BCUT2D eigenvalue weighted by Crippen LogP contribution is 2.07. The molecular formula is C11H21N3O6. The van der Waals surface area contributed by atoms with E-state index in [1.807, 2.05) is 0 Å². The number of unbranched alkanes of at least 4 members (excludes halogenated alkanes) is 1. The second-order valence-corrected chi connectivity index (χ2v) is 4.16. The molecule has 0 aliphatic carbocycles. The number of aliphatic carboxylic acids is 1. The second-order valence-electron chi connectivity index (χ2n) is 4.16. The van der Waals surface area contributed by atoms with Gasteiger partial charge in [-0.2, -0.15) is 0 Å². The van der Waals surface area contributed by atoms with E-state index in [4.69, 9.17) is 22.3 Å². The summed E-state index contributed by atoms with van der Waals surface area (Å²) < 4.78 is 0. The van der Waals surface area contributed by atoms with Crippen LogP contribution in [-0.2, 0) is 24.2 Å². The molecule has 0 spiro atoms. The summed E-state index contributed by atoms with van der Waals surface area (Å²) in [5.74, 6) is -5.00. The van der Waals surface area contributed by atoms with Gasteiger partial charge in [0.1, 0.15) is 6.04 Å². The lowest BCUT2D eigenvalue weighted by molar-refractivity contribution is -0.263. The van der Waals surface area contributed by atoms with Crippen LogP contribution in [-0.4, -0.2) is 42.1 Å². The number of rotatable bonds is 9. The maximum atomic E-state index is 11.4. The molecule has 0 rings (SSSR count). The molecule has 0 saturated carbocycles. The van der Waals surface area contributed by atoms with Crippen LogP contribution in [0.25, 0.3) is 0 Å². The highest BCUT2D eigenvalue weighted by Gasteiger charge is 2.29. The van der Waals surface area contributed by atoms with Gasteiger partial charge in [0.2, 0.25) is 0 Å². The van der Waals surface area contributed by atoms with Crippen LogP contribution < -0.4 is 17.2 Å². The number of carboxylic acids is 1. The second kappa shape index (κ2) is 10.1. The van der Waals surface area contributed by atoms with Gasteiger partial charge in [-0.15, -0.1) is 0 Å². The van der Waals surface area contributed by atoms with E-state index in [2.05, 4.69) is 9.78 Å². The molecule has 0 aliphatic heterocycles. The molecule has 20 heavy (non-hydrogen) atoms.